The number of unbranched alkanes of at least 4 members (excludes halogenated alkanes) is 2. The molecule has 0 bridgehead atoms. The maximum absolute atomic E-state index is 12.5. The van der Waals surface area contributed by atoms with Gasteiger partial charge in [0, 0.05) is 19.5 Å². The fraction of sp³-hybridized carbons (Fsp3) is 0.647. The van der Waals surface area contributed by atoms with Crippen molar-refractivity contribution in [2.45, 2.75) is 65.5 Å². The minimum absolute atomic E-state index is 0.0384. The first kappa shape index (κ1) is 18.2. The second-order valence-corrected chi connectivity index (χ2v) is 7.01. The Morgan fingerprint density at radius 2 is 2.04 bits per heavy atom. The number of nitrogens with one attached hydrogen (secondary N) is 1. The highest BCUT2D eigenvalue weighted by atomic mass is 16.1. The van der Waals surface area contributed by atoms with Crippen LogP contribution in [0.4, 0.5) is 0 Å². The Kier molecular flexibility index (Phi) is 5.75. The van der Waals surface area contributed by atoms with Crippen LogP contribution in [0.2, 0.25) is 0 Å². The molecule has 0 aromatic carbocycles. The predicted octanol–water partition coefficient (Wildman–Crippen LogP) is 2.04. The monoisotopic (exact) mass is 333 g/mol. The van der Waals surface area contributed by atoms with Crippen molar-refractivity contribution in [2.24, 2.45) is 0 Å². The number of hydrogen-bond acceptors (Lipinski definition) is 4. The quantitative estimate of drug-likeness (QED) is 0.786. The molecule has 0 spiro atoms. The van der Waals surface area contributed by atoms with Crippen molar-refractivity contribution in [2.75, 3.05) is 6.54 Å². The average molecular weight is 333 g/mol. The molecule has 132 valence electrons. The van der Waals surface area contributed by atoms with Crippen LogP contribution in [0.5, 0.6) is 0 Å². The summed E-state index contributed by atoms with van der Waals surface area (Å²) in [4.78, 5) is 28.7. The van der Waals surface area contributed by atoms with Gasteiger partial charge in [-0.25, -0.2) is 9.67 Å². The van der Waals surface area contributed by atoms with E-state index in [-0.39, 0.29) is 23.4 Å². The molecule has 0 saturated heterocycles. The zero-order valence-electron chi connectivity index (χ0n) is 15.0. The Bertz CT molecular complexity index is 754. The molecule has 2 heterocycles. The number of amides is 1. The van der Waals surface area contributed by atoms with E-state index in [1.54, 1.807) is 10.9 Å². The SMILES string of the molecule is CCCCCNC(=O)CCn1cnc2c(cnn2C(C)(C)C)c1=O. The van der Waals surface area contributed by atoms with E-state index in [0.29, 0.717) is 24.1 Å². The lowest BCUT2D eigenvalue weighted by Gasteiger charge is -2.19. The number of rotatable bonds is 7. The highest BCUT2D eigenvalue weighted by molar-refractivity contribution is 5.76. The van der Waals surface area contributed by atoms with Crippen LogP contribution < -0.4 is 10.9 Å². The third kappa shape index (κ3) is 4.21. The molecule has 2 rings (SSSR count). The molecule has 7 nitrogen and oxygen atoms in total. The van der Waals surface area contributed by atoms with Crippen LogP contribution in [-0.2, 0) is 16.9 Å². The van der Waals surface area contributed by atoms with Gasteiger partial charge in [0.1, 0.15) is 5.39 Å². The molecule has 2 aromatic rings. The average Bonchev–Trinajstić information content (AvgIpc) is 2.96. The number of carbonyl (C=O) groups is 1. The van der Waals surface area contributed by atoms with Gasteiger partial charge in [0.15, 0.2) is 5.65 Å². The van der Waals surface area contributed by atoms with E-state index < -0.39 is 0 Å². The van der Waals surface area contributed by atoms with Gasteiger partial charge in [-0.15, -0.1) is 0 Å². The minimum atomic E-state index is -0.244. The third-order valence-electron chi connectivity index (χ3n) is 3.87. The Hall–Kier alpha value is -2.18. The molecule has 0 aliphatic rings. The van der Waals surface area contributed by atoms with Crippen molar-refractivity contribution in [3.8, 4) is 0 Å². The van der Waals surface area contributed by atoms with E-state index >= 15 is 0 Å². The van der Waals surface area contributed by atoms with Crippen LogP contribution >= 0.6 is 0 Å². The van der Waals surface area contributed by atoms with Crippen LogP contribution in [0.25, 0.3) is 11.0 Å². The summed E-state index contributed by atoms with van der Waals surface area (Å²) in [6.45, 7) is 9.17. The fourth-order valence-electron chi connectivity index (χ4n) is 2.51. The number of nitrogens with zero attached hydrogens (tertiary/aromatic N) is 4. The highest BCUT2D eigenvalue weighted by Crippen LogP contribution is 2.17. The Labute approximate surface area is 142 Å². The van der Waals surface area contributed by atoms with Crippen molar-refractivity contribution in [3.63, 3.8) is 0 Å². The van der Waals surface area contributed by atoms with Gasteiger partial charge >= 0.3 is 0 Å². The molecule has 24 heavy (non-hydrogen) atoms. The Balaban J connectivity index is 2.05. The van der Waals surface area contributed by atoms with E-state index in [0.717, 1.165) is 19.3 Å². The summed E-state index contributed by atoms with van der Waals surface area (Å²) in [6, 6.07) is 0. The predicted molar refractivity (Wildman–Crippen MR) is 93.9 cm³/mol. The van der Waals surface area contributed by atoms with Gasteiger partial charge in [0.2, 0.25) is 5.91 Å². The zero-order valence-corrected chi connectivity index (χ0v) is 15.0. The normalized spacial score (nSPS) is 11.8. The third-order valence-corrected chi connectivity index (χ3v) is 3.87. The molecule has 1 amide bonds. The maximum atomic E-state index is 12.5. The lowest BCUT2D eigenvalue weighted by molar-refractivity contribution is -0.121. The number of fused-ring (bicyclic) bond motifs is 1. The van der Waals surface area contributed by atoms with Gasteiger partial charge in [0.05, 0.1) is 18.1 Å². The molecule has 1 N–H and O–H groups in total. The summed E-state index contributed by atoms with van der Waals surface area (Å²) in [5.41, 5.74) is 0.174. The van der Waals surface area contributed by atoms with Crippen molar-refractivity contribution in [1.82, 2.24) is 24.6 Å². The smallest absolute Gasteiger partial charge is 0.264 e. The van der Waals surface area contributed by atoms with Crippen LogP contribution in [0.15, 0.2) is 17.3 Å². The van der Waals surface area contributed by atoms with Gasteiger partial charge in [0.25, 0.3) is 5.56 Å². The minimum Gasteiger partial charge on any atom is -0.356 e. The molecule has 0 saturated carbocycles. The summed E-state index contributed by atoms with van der Waals surface area (Å²) in [6.07, 6.45) is 6.54. The molecule has 0 aliphatic carbocycles. The molecule has 7 heteroatoms. The topological polar surface area (TPSA) is 81.8 Å². The largest absolute Gasteiger partial charge is 0.356 e. The van der Waals surface area contributed by atoms with E-state index in [1.807, 2.05) is 20.8 Å². The van der Waals surface area contributed by atoms with Crippen LogP contribution in [0.3, 0.4) is 0 Å². The molecular formula is C17H27N5O2. The van der Waals surface area contributed by atoms with Crippen molar-refractivity contribution in [1.29, 1.82) is 0 Å². The maximum Gasteiger partial charge on any atom is 0.264 e. The molecule has 0 unspecified atom stereocenters. The first-order valence-electron chi connectivity index (χ1n) is 8.55. The second kappa shape index (κ2) is 7.59. The van der Waals surface area contributed by atoms with Gasteiger partial charge in [-0.05, 0) is 27.2 Å². The van der Waals surface area contributed by atoms with Crippen LogP contribution in [0.1, 0.15) is 53.4 Å². The first-order chi connectivity index (χ1) is 11.3. The van der Waals surface area contributed by atoms with Crippen molar-refractivity contribution in [3.05, 3.63) is 22.9 Å². The molecule has 0 atom stereocenters. The van der Waals surface area contributed by atoms with Gasteiger partial charge in [-0.1, -0.05) is 19.8 Å². The van der Waals surface area contributed by atoms with E-state index in [2.05, 4.69) is 22.3 Å². The van der Waals surface area contributed by atoms with E-state index in [4.69, 9.17) is 0 Å². The van der Waals surface area contributed by atoms with Gasteiger partial charge < -0.3 is 5.32 Å². The second-order valence-electron chi connectivity index (χ2n) is 7.01. The Morgan fingerprint density at radius 3 is 2.71 bits per heavy atom. The van der Waals surface area contributed by atoms with Crippen molar-refractivity contribution >= 4 is 16.9 Å². The lowest BCUT2D eigenvalue weighted by atomic mass is 10.1. The summed E-state index contributed by atoms with van der Waals surface area (Å²) in [7, 11) is 0. The van der Waals surface area contributed by atoms with Crippen molar-refractivity contribution < 1.29 is 4.79 Å². The molecule has 2 aromatic heterocycles. The number of aryl methyl sites for hydroxylation is 1. The summed E-state index contributed by atoms with van der Waals surface area (Å²) in [5, 5.41) is 7.64. The fourth-order valence-corrected chi connectivity index (χ4v) is 2.51. The van der Waals surface area contributed by atoms with Crippen LogP contribution in [0, 0.1) is 0 Å². The first-order valence-corrected chi connectivity index (χ1v) is 8.55. The van der Waals surface area contributed by atoms with Crippen LogP contribution in [-0.4, -0.2) is 31.8 Å². The van der Waals surface area contributed by atoms with E-state index in [9.17, 15) is 9.59 Å². The number of carbonyl (C=O) groups excluding carboxylic acids is 1. The summed E-state index contributed by atoms with van der Waals surface area (Å²) in [5.74, 6) is -0.0384. The molecule has 0 aliphatic heterocycles. The van der Waals surface area contributed by atoms with E-state index in [1.165, 1.54) is 10.9 Å². The number of aromatic nitrogens is 4. The zero-order chi connectivity index (χ0) is 17.7. The summed E-state index contributed by atoms with van der Waals surface area (Å²) < 4.78 is 3.22. The number of hydrogen-bond donors (Lipinski definition) is 1. The van der Waals surface area contributed by atoms with Gasteiger partial charge in [-0.2, -0.15) is 5.10 Å². The standard InChI is InChI=1S/C17H27N5O2/c1-5-6-7-9-18-14(23)8-10-21-12-19-15-13(16(21)24)11-20-22(15)17(2,3)4/h11-12H,5-10H2,1-4H3,(H,18,23). The molecule has 0 fully saturated rings. The Morgan fingerprint density at radius 1 is 1.29 bits per heavy atom. The van der Waals surface area contributed by atoms with Gasteiger partial charge in [-0.3, -0.25) is 14.2 Å². The molecular weight excluding hydrogens is 306 g/mol. The molecule has 0 radical (unpaired) electrons. The lowest BCUT2D eigenvalue weighted by Crippen LogP contribution is -2.28. The summed E-state index contributed by atoms with van der Waals surface area (Å²) >= 11 is 0. The highest BCUT2D eigenvalue weighted by Gasteiger charge is 2.19.